The summed E-state index contributed by atoms with van der Waals surface area (Å²) in [5.41, 5.74) is 6.45. The van der Waals surface area contributed by atoms with Gasteiger partial charge in [0.25, 0.3) is 0 Å². The highest BCUT2D eigenvalue weighted by Crippen LogP contribution is 2.31. The van der Waals surface area contributed by atoms with E-state index >= 15 is 0 Å². The van der Waals surface area contributed by atoms with Crippen LogP contribution < -0.4 is 5.73 Å². The molecule has 0 saturated carbocycles. The first-order valence-electron chi connectivity index (χ1n) is 6.84. The minimum atomic E-state index is 0.0122. The molecule has 0 amide bonds. The maximum Gasteiger partial charge on any atom is 0.235 e. The summed E-state index contributed by atoms with van der Waals surface area (Å²) in [5, 5.41) is 16.9. The molecule has 0 bridgehead atoms. The lowest BCUT2D eigenvalue weighted by Gasteiger charge is -2.03. The smallest absolute Gasteiger partial charge is 0.235 e. The molecule has 3 aromatic heterocycles. The van der Waals surface area contributed by atoms with E-state index in [0.29, 0.717) is 6.54 Å². The molecule has 0 aliphatic carbocycles. The van der Waals surface area contributed by atoms with Crippen LogP contribution in [0.15, 0.2) is 5.38 Å². The number of aromatic nitrogens is 5. The minimum absolute atomic E-state index is 0.0122. The fourth-order valence-corrected chi connectivity index (χ4v) is 4.05. The van der Waals surface area contributed by atoms with Crippen LogP contribution in [0.3, 0.4) is 0 Å². The molecule has 0 aromatic carbocycles. The summed E-state index contributed by atoms with van der Waals surface area (Å²) in [6.07, 6.45) is 2.85. The molecule has 4 rings (SSSR count). The van der Waals surface area contributed by atoms with Crippen LogP contribution in [-0.4, -0.2) is 37.9 Å². The third-order valence-electron chi connectivity index (χ3n) is 3.36. The monoisotopic (exact) mass is 322 g/mol. The molecule has 0 spiro atoms. The van der Waals surface area contributed by atoms with E-state index < -0.39 is 0 Å². The molecule has 4 heterocycles. The van der Waals surface area contributed by atoms with Crippen LogP contribution in [0.1, 0.15) is 29.8 Å². The highest BCUT2D eigenvalue weighted by atomic mass is 32.1. The SMILES string of the molecule is NCCc1nc(-c2nn3c(C4CCCO4)nnc3s2)cs1. The van der Waals surface area contributed by atoms with Gasteiger partial charge in [-0.25, -0.2) is 4.98 Å². The van der Waals surface area contributed by atoms with Crippen molar-refractivity contribution in [2.45, 2.75) is 25.4 Å². The topological polar surface area (TPSA) is 91.2 Å². The number of thiazole rings is 1. The number of nitrogens with two attached hydrogens (primary N) is 1. The Morgan fingerprint density at radius 3 is 3.19 bits per heavy atom. The molecule has 110 valence electrons. The van der Waals surface area contributed by atoms with E-state index in [0.717, 1.165) is 52.4 Å². The van der Waals surface area contributed by atoms with Gasteiger partial charge >= 0.3 is 0 Å². The van der Waals surface area contributed by atoms with Gasteiger partial charge in [-0.1, -0.05) is 11.3 Å². The molecule has 1 aliphatic rings. The van der Waals surface area contributed by atoms with Crippen LogP contribution in [0.4, 0.5) is 0 Å². The molecule has 7 nitrogen and oxygen atoms in total. The Labute approximate surface area is 128 Å². The van der Waals surface area contributed by atoms with Gasteiger partial charge < -0.3 is 10.5 Å². The van der Waals surface area contributed by atoms with Crippen molar-refractivity contribution in [3.63, 3.8) is 0 Å². The van der Waals surface area contributed by atoms with E-state index in [1.54, 1.807) is 15.9 Å². The third-order valence-corrected chi connectivity index (χ3v) is 5.19. The number of nitrogens with zero attached hydrogens (tertiary/aromatic N) is 5. The zero-order valence-corrected chi connectivity index (χ0v) is 12.9. The fraction of sp³-hybridized carbons (Fsp3) is 0.500. The van der Waals surface area contributed by atoms with E-state index in [4.69, 9.17) is 10.5 Å². The number of hydrogen-bond donors (Lipinski definition) is 1. The zero-order valence-electron chi connectivity index (χ0n) is 11.2. The van der Waals surface area contributed by atoms with Gasteiger partial charge in [0.05, 0.1) is 5.01 Å². The van der Waals surface area contributed by atoms with Gasteiger partial charge in [-0.05, 0) is 19.4 Å². The first-order valence-corrected chi connectivity index (χ1v) is 8.53. The molecule has 1 fully saturated rings. The molecule has 1 saturated heterocycles. The highest BCUT2D eigenvalue weighted by molar-refractivity contribution is 7.20. The average Bonchev–Trinajstić information content (AvgIpc) is 3.22. The Balaban J connectivity index is 1.69. The quantitative estimate of drug-likeness (QED) is 0.785. The van der Waals surface area contributed by atoms with Gasteiger partial charge in [-0.2, -0.15) is 9.61 Å². The largest absolute Gasteiger partial charge is 0.370 e. The lowest BCUT2D eigenvalue weighted by atomic mass is 10.2. The number of ether oxygens (including phenoxy) is 1. The molecule has 1 unspecified atom stereocenters. The molecule has 9 heteroatoms. The van der Waals surface area contributed by atoms with Crippen LogP contribution in [0.25, 0.3) is 15.7 Å². The first kappa shape index (κ1) is 13.3. The normalized spacial score (nSPS) is 18.8. The van der Waals surface area contributed by atoms with Crippen LogP contribution in [0.5, 0.6) is 0 Å². The van der Waals surface area contributed by atoms with Crippen LogP contribution >= 0.6 is 22.7 Å². The summed E-state index contributed by atoms with van der Waals surface area (Å²) in [5.74, 6) is 0.794. The summed E-state index contributed by atoms with van der Waals surface area (Å²) < 4.78 is 7.46. The van der Waals surface area contributed by atoms with Crippen LogP contribution in [0.2, 0.25) is 0 Å². The van der Waals surface area contributed by atoms with Crippen molar-refractivity contribution in [3.8, 4) is 10.7 Å². The second kappa shape index (κ2) is 5.41. The Kier molecular flexibility index (Phi) is 3.42. The van der Waals surface area contributed by atoms with Gasteiger partial charge in [-0.15, -0.1) is 21.5 Å². The van der Waals surface area contributed by atoms with Crippen molar-refractivity contribution in [2.75, 3.05) is 13.2 Å². The molecule has 0 radical (unpaired) electrons. The van der Waals surface area contributed by atoms with Crippen molar-refractivity contribution in [2.24, 2.45) is 5.73 Å². The Morgan fingerprint density at radius 2 is 2.38 bits per heavy atom. The van der Waals surface area contributed by atoms with E-state index in [9.17, 15) is 0 Å². The second-order valence-corrected chi connectivity index (χ2v) is 6.73. The van der Waals surface area contributed by atoms with Gasteiger partial charge in [0.15, 0.2) is 10.8 Å². The van der Waals surface area contributed by atoms with Crippen LogP contribution in [-0.2, 0) is 11.2 Å². The summed E-state index contributed by atoms with van der Waals surface area (Å²) in [6, 6.07) is 0. The number of fused-ring (bicyclic) bond motifs is 1. The lowest BCUT2D eigenvalue weighted by molar-refractivity contribution is 0.103. The lowest BCUT2D eigenvalue weighted by Crippen LogP contribution is -2.03. The van der Waals surface area contributed by atoms with E-state index in [2.05, 4.69) is 20.3 Å². The van der Waals surface area contributed by atoms with E-state index in [1.165, 1.54) is 11.3 Å². The Hall–Kier alpha value is -1.42. The predicted molar refractivity (Wildman–Crippen MR) is 80.5 cm³/mol. The third kappa shape index (κ3) is 2.35. The second-order valence-electron chi connectivity index (χ2n) is 4.83. The van der Waals surface area contributed by atoms with Gasteiger partial charge in [0.1, 0.15) is 11.8 Å². The number of rotatable bonds is 4. The van der Waals surface area contributed by atoms with Crippen molar-refractivity contribution >= 4 is 27.6 Å². The fourth-order valence-electron chi connectivity index (χ4n) is 2.37. The zero-order chi connectivity index (χ0) is 14.2. The highest BCUT2D eigenvalue weighted by Gasteiger charge is 2.25. The molecule has 1 atom stereocenters. The van der Waals surface area contributed by atoms with E-state index in [-0.39, 0.29) is 6.10 Å². The summed E-state index contributed by atoms with van der Waals surface area (Å²) in [6.45, 7) is 1.40. The maximum atomic E-state index is 5.67. The van der Waals surface area contributed by atoms with Crippen molar-refractivity contribution in [3.05, 3.63) is 16.2 Å². The molecule has 3 aromatic rings. The van der Waals surface area contributed by atoms with Crippen LogP contribution in [0, 0.1) is 0 Å². The molecule has 21 heavy (non-hydrogen) atoms. The summed E-state index contributed by atoms with van der Waals surface area (Å²) in [7, 11) is 0. The van der Waals surface area contributed by atoms with Crippen molar-refractivity contribution in [1.82, 2.24) is 24.8 Å². The summed E-state index contributed by atoms with van der Waals surface area (Å²) in [4.78, 5) is 5.35. The average molecular weight is 322 g/mol. The Bertz CT molecular complexity index is 757. The molecular formula is C12H14N6OS2. The van der Waals surface area contributed by atoms with Crippen molar-refractivity contribution in [1.29, 1.82) is 0 Å². The standard InChI is InChI=1S/C12H14N6OS2/c13-4-3-9-14-7(6-20-9)11-17-18-10(8-2-1-5-19-8)15-16-12(18)21-11/h6,8H,1-5,13H2. The minimum Gasteiger partial charge on any atom is -0.370 e. The predicted octanol–water partition coefficient (Wildman–Crippen LogP) is 1.66. The first-order chi connectivity index (χ1) is 10.3. The maximum absolute atomic E-state index is 5.67. The molecule has 1 aliphatic heterocycles. The van der Waals surface area contributed by atoms with E-state index in [1.807, 2.05) is 5.38 Å². The Morgan fingerprint density at radius 1 is 1.43 bits per heavy atom. The number of hydrogen-bond acceptors (Lipinski definition) is 8. The molecule has 2 N–H and O–H groups in total. The summed E-state index contributed by atoms with van der Waals surface area (Å²) >= 11 is 3.11. The van der Waals surface area contributed by atoms with Crippen molar-refractivity contribution < 1.29 is 4.74 Å². The van der Waals surface area contributed by atoms with Gasteiger partial charge in [0.2, 0.25) is 4.96 Å². The van der Waals surface area contributed by atoms with Gasteiger partial charge in [0, 0.05) is 18.4 Å². The van der Waals surface area contributed by atoms with Gasteiger partial charge in [-0.3, -0.25) is 0 Å². The molecular weight excluding hydrogens is 308 g/mol.